The maximum atomic E-state index is 11.7. The minimum absolute atomic E-state index is 0.252. The molecule has 0 aliphatic carbocycles. The van der Waals surface area contributed by atoms with Gasteiger partial charge in [0.25, 0.3) is 5.88 Å². The van der Waals surface area contributed by atoms with Gasteiger partial charge >= 0.3 is 5.43 Å². The second-order valence-corrected chi connectivity index (χ2v) is 11.4. The lowest BCUT2D eigenvalue weighted by Gasteiger charge is -2.42. The van der Waals surface area contributed by atoms with Crippen LogP contribution in [0.1, 0.15) is 116 Å². The zero-order valence-electron chi connectivity index (χ0n) is 24.6. The zero-order valence-corrected chi connectivity index (χ0v) is 26.2. The summed E-state index contributed by atoms with van der Waals surface area (Å²) in [7, 11) is 5.41. The molecule has 0 saturated heterocycles. The molecule has 1 aliphatic heterocycles. The number of hydrogen-bond donors (Lipinski definition) is 0. The predicted octanol–water partition coefficient (Wildman–Crippen LogP) is 8.62. The summed E-state index contributed by atoms with van der Waals surface area (Å²) in [6.45, 7) is 6.76. The van der Waals surface area contributed by atoms with Gasteiger partial charge in [-0.1, -0.05) is 90.6 Å². The van der Waals surface area contributed by atoms with Crippen molar-refractivity contribution in [1.29, 1.82) is 0 Å². The Morgan fingerprint density at radius 2 is 1.55 bits per heavy atom. The third-order valence-electron chi connectivity index (χ3n) is 7.04. The molecular formula is C29H53ClN3O4S+. The minimum Gasteiger partial charge on any atom is -0.475 e. The maximum Gasteiger partial charge on any atom is 0.408 e. The van der Waals surface area contributed by atoms with Gasteiger partial charge in [-0.05, 0) is 12.8 Å². The highest BCUT2D eigenvalue weighted by atomic mass is 35.5. The van der Waals surface area contributed by atoms with Crippen molar-refractivity contribution in [3.05, 3.63) is 11.8 Å². The quantitative estimate of drug-likeness (QED) is 0.0935. The van der Waals surface area contributed by atoms with Gasteiger partial charge in [-0.3, -0.25) is 4.48 Å². The van der Waals surface area contributed by atoms with Gasteiger partial charge in [0.05, 0.1) is 31.9 Å². The van der Waals surface area contributed by atoms with E-state index in [1.54, 1.807) is 14.2 Å². The van der Waals surface area contributed by atoms with Crippen LogP contribution < -0.4 is 4.74 Å². The zero-order chi connectivity index (χ0) is 28.1. The number of nitrogens with zero attached hydrogens (tertiary/aromatic N) is 3. The van der Waals surface area contributed by atoms with Crippen molar-refractivity contribution in [2.75, 3.05) is 41.0 Å². The molecule has 1 aromatic heterocycles. The number of unbranched alkanes of at least 4 members (excludes halogenated alkanes) is 11. The van der Waals surface area contributed by atoms with Crippen LogP contribution in [0.2, 0.25) is 0 Å². The van der Waals surface area contributed by atoms with Gasteiger partial charge in [0.2, 0.25) is 6.23 Å². The molecule has 1 aliphatic rings. The number of carbonyl (C=O) groups excluding carboxylic acids is 1. The molecule has 2 unspecified atom stereocenters. The normalized spacial score (nSPS) is 17.8. The second-order valence-electron chi connectivity index (χ2n) is 10.5. The molecule has 0 fully saturated rings. The third-order valence-corrected chi connectivity index (χ3v) is 7.64. The number of likely N-dealkylation sites (N-methyl/N-ethyl adjacent to an activating group) is 1. The highest BCUT2D eigenvalue weighted by Gasteiger charge is 2.39. The molecule has 7 nitrogen and oxygen atoms in total. The van der Waals surface area contributed by atoms with Crippen LogP contribution in [-0.4, -0.2) is 65.9 Å². The van der Waals surface area contributed by atoms with Crippen molar-refractivity contribution in [3.63, 3.8) is 0 Å². The van der Waals surface area contributed by atoms with Gasteiger partial charge in [0.1, 0.15) is 12.2 Å². The first-order chi connectivity index (χ1) is 18.4. The molecule has 2 heterocycles. The van der Waals surface area contributed by atoms with Crippen molar-refractivity contribution < 1.29 is 23.5 Å². The Balaban J connectivity index is 0.00000229. The van der Waals surface area contributed by atoms with E-state index in [9.17, 15) is 4.79 Å². The Hall–Kier alpha value is -1.22. The van der Waals surface area contributed by atoms with Crippen LogP contribution >= 0.6 is 23.3 Å². The fraction of sp³-hybridized carbons (Fsp3) is 0.828. The van der Waals surface area contributed by atoms with E-state index in [0.29, 0.717) is 17.0 Å². The summed E-state index contributed by atoms with van der Waals surface area (Å²) in [5.41, 5.74) is 1.25. The number of quaternary nitrogens is 1. The van der Waals surface area contributed by atoms with Crippen molar-refractivity contribution in [1.82, 2.24) is 8.75 Å². The first kappa shape index (κ1) is 34.8. The molecule has 2 rings (SSSR count). The van der Waals surface area contributed by atoms with Crippen LogP contribution in [0.25, 0.3) is 5.57 Å². The smallest absolute Gasteiger partial charge is 0.408 e. The number of methoxy groups -OCH3 is 1. The molecular weight excluding hydrogens is 522 g/mol. The van der Waals surface area contributed by atoms with Crippen LogP contribution in [0.15, 0.2) is 6.08 Å². The highest BCUT2D eigenvalue weighted by Crippen LogP contribution is 2.33. The maximum absolute atomic E-state index is 11.7. The number of halogens is 1. The number of rotatable bonds is 19. The van der Waals surface area contributed by atoms with E-state index in [1.807, 2.05) is 0 Å². The standard InChI is InChI=1S/C27H47ClN3O3S.C2H6O/c1-4-6-8-10-11-12-13-14-15-19-24(34-27(28)32)31(3)20-17-18-23(22-31)25-26(30-35-29-25)33-21-16-9-7-5-2;1-3-2/h18,24H,4-17,19-22H2,1-3H3;1-2H3/q+1;. The SMILES string of the molecule is CCCCCCCCCCCC(OC(=O)Cl)[N+]1(C)CCC=C(c2nsnc2OCCCCCC)C1.COC. The molecule has 9 heteroatoms. The van der Waals surface area contributed by atoms with Crippen molar-refractivity contribution in [3.8, 4) is 5.88 Å². The Morgan fingerprint density at radius 3 is 2.16 bits per heavy atom. The highest BCUT2D eigenvalue weighted by molar-refractivity contribution is 6.99. The summed E-state index contributed by atoms with van der Waals surface area (Å²) in [4.78, 5) is 11.7. The molecule has 0 spiro atoms. The average Bonchev–Trinajstić information content (AvgIpc) is 3.36. The third kappa shape index (κ3) is 14.2. The van der Waals surface area contributed by atoms with E-state index in [1.165, 1.54) is 82.4 Å². The summed E-state index contributed by atoms with van der Waals surface area (Å²) < 4.78 is 25.5. The van der Waals surface area contributed by atoms with E-state index in [-0.39, 0.29) is 6.23 Å². The number of ether oxygens (including phenoxy) is 3. The van der Waals surface area contributed by atoms with E-state index in [0.717, 1.165) is 50.0 Å². The first-order valence-corrected chi connectivity index (χ1v) is 15.8. The molecule has 0 radical (unpaired) electrons. The monoisotopic (exact) mass is 574 g/mol. The van der Waals surface area contributed by atoms with Gasteiger partial charge < -0.3 is 14.2 Å². The molecule has 0 N–H and O–H groups in total. The van der Waals surface area contributed by atoms with Gasteiger partial charge in [-0.15, -0.1) is 4.37 Å². The van der Waals surface area contributed by atoms with Crippen LogP contribution in [0, 0.1) is 0 Å². The lowest BCUT2D eigenvalue weighted by molar-refractivity contribution is -0.946. The Morgan fingerprint density at radius 1 is 0.974 bits per heavy atom. The van der Waals surface area contributed by atoms with Crippen LogP contribution in [0.5, 0.6) is 5.88 Å². The summed E-state index contributed by atoms with van der Waals surface area (Å²) in [5.74, 6) is 0.635. The topological polar surface area (TPSA) is 70.5 Å². The van der Waals surface area contributed by atoms with E-state index in [2.05, 4.69) is 40.5 Å². The Bertz CT molecular complexity index is 777. The Kier molecular flexibility index (Phi) is 19.8. The van der Waals surface area contributed by atoms with Gasteiger partial charge in [-0.25, -0.2) is 4.79 Å². The number of aromatic nitrogens is 2. The van der Waals surface area contributed by atoms with E-state index >= 15 is 0 Å². The predicted molar refractivity (Wildman–Crippen MR) is 159 cm³/mol. The molecule has 220 valence electrons. The first-order valence-electron chi connectivity index (χ1n) is 14.7. The lowest BCUT2D eigenvalue weighted by atomic mass is 10.0. The number of hydrogen-bond acceptors (Lipinski definition) is 7. The minimum atomic E-state index is -0.715. The fourth-order valence-electron chi connectivity index (χ4n) is 4.89. The molecule has 2 atom stereocenters. The number of carbonyl (C=O) groups is 1. The molecule has 0 aromatic carbocycles. The summed E-state index contributed by atoms with van der Waals surface area (Å²) >= 11 is 6.90. The van der Waals surface area contributed by atoms with Crippen molar-refractivity contribution in [2.45, 2.75) is 116 Å². The van der Waals surface area contributed by atoms with Crippen LogP contribution in [0.3, 0.4) is 0 Å². The van der Waals surface area contributed by atoms with Gasteiger partial charge in [0.15, 0.2) is 0 Å². The fourth-order valence-corrected chi connectivity index (χ4v) is 5.52. The summed E-state index contributed by atoms with van der Waals surface area (Å²) in [6.07, 6.45) is 19.8. The Labute approximate surface area is 241 Å². The van der Waals surface area contributed by atoms with E-state index < -0.39 is 5.43 Å². The van der Waals surface area contributed by atoms with Crippen LogP contribution in [0.4, 0.5) is 4.79 Å². The average molecular weight is 575 g/mol. The molecule has 1 aromatic rings. The van der Waals surface area contributed by atoms with Crippen LogP contribution in [-0.2, 0) is 9.47 Å². The molecule has 0 amide bonds. The second kappa shape index (κ2) is 21.6. The summed E-state index contributed by atoms with van der Waals surface area (Å²) in [6, 6.07) is 0. The van der Waals surface area contributed by atoms with Gasteiger partial charge in [-0.2, -0.15) is 4.37 Å². The van der Waals surface area contributed by atoms with Crippen molar-refractivity contribution >= 4 is 34.3 Å². The van der Waals surface area contributed by atoms with E-state index in [4.69, 9.17) is 21.1 Å². The van der Waals surface area contributed by atoms with Gasteiger partial charge in [0, 0.05) is 44.2 Å². The lowest BCUT2D eigenvalue weighted by Crippen LogP contribution is -2.56. The summed E-state index contributed by atoms with van der Waals surface area (Å²) in [5, 5.41) is 0. The molecule has 38 heavy (non-hydrogen) atoms. The largest absolute Gasteiger partial charge is 0.475 e. The van der Waals surface area contributed by atoms with Crippen molar-refractivity contribution in [2.24, 2.45) is 0 Å². The molecule has 0 saturated carbocycles. The molecule has 0 bridgehead atoms.